The van der Waals surface area contributed by atoms with Gasteiger partial charge in [-0.3, -0.25) is 9.59 Å². The molecule has 1 rings (SSSR count). The number of carbonyl (C=O) groups excluding carboxylic acids is 2. The zero-order valence-electron chi connectivity index (χ0n) is 12.3. The molecule has 0 bridgehead atoms. The number of esters is 1. The van der Waals surface area contributed by atoms with E-state index in [1.807, 2.05) is 20.8 Å². The van der Waals surface area contributed by atoms with Crippen LogP contribution in [0.1, 0.15) is 48.0 Å². The van der Waals surface area contributed by atoms with Crippen LogP contribution in [0.25, 0.3) is 0 Å². The third-order valence-corrected chi connectivity index (χ3v) is 3.69. The van der Waals surface area contributed by atoms with E-state index in [9.17, 15) is 9.59 Å². The number of carbonyl (C=O) groups is 2. The van der Waals surface area contributed by atoms with Gasteiger partial charge in [0.25, 0.3) is 0 Å². The zero-order chi connectivity index (χ0) is 14.1. The lowest BCUT2D eigenvalue weighted by molar-refractivity contribution is -0.152. The van der Waals surface area contributed by atoms with Crippen molar-refractivity contribution in [3.8, 4) is 0 Å². The van der Waals surface area contributed by atoms with Crippen LogP contribution in [0.3, 0.4) is 0 Å². The molecule has 102 valence electrons. The Morgan fingerprint density at radius 1 is 1.44 bits per heavy atom. The highest BCUT2D eigenvalue weighted by Gasteiger charge is 2.35. The molecule has 0 aromatic rings. The highest BCUT2D eigenvalue weighted by atomic mass is 16.5. The molecule has 0 aromatic heterocycles. The lowest BCUT2D eigenvalue weighted by Crippen LogP contribution is -2.33. The van der Waals surface area contributed by atoms with E-state index in [0.717, 1.165) is 5.57 Å². The molecule has 0 saturated heterocycles. The molecule has 0 unspecified atom stereocenters. The Kier molecular flexibility index (Phi) is 4.04. The van der Waals surface area contributed by atoms with E-state index >= 15 is 0 Å². The Morgan fingerprint density at radius 2 is 2.00 bits per heavy atom. The van der Waals surface area contributed by atoms with E-state index in [0.29, 0.717) is 6.42 Å². The summed E-state index contributed by atoms with van der Waals surface area (Å²) in [6.07, 6.45) is 2.21. The Balaban J connectivity index is 2.73. The molecule has 3 heteroatoms. The fourth-order valence-corrected chi connectivity index (χ4v) is 2.02. The molecule has 0 amide bonds. The molecule has 0 heterocycles. The summed E-state index contributed by atoms with van der Waals surface area (Å²) in [5.41, 5.74) is 0.363. The van der Waals surface area contributed by atoms with Crippen molar-refractivity contribution in [1.29, 1.82) is 0 Å². The van der Waals surface area contributed by atoms with Gasteiger partial charge in [-0.15, -0.1) is 0 Å². The average molecular weight is 252 g/mol. The van der Waals surface area contributed by atoms with Gasteiger partial charge in [0.1, 0.15) is 6.61 Å². The summed E-state index contributed by atoms with van der Waals surface area (Å²) in [6.45, 7) is 11.9. The maximum absolute atomic E-state index is 11.7. The third-order valence-electron chi connectivity index (χ3n) is 3.69. The predicted octanol–water partition coefficient (Wildman–Crippen LogP) is 3.14. The molecule has 18 heavy (non-hydrogen) atoms. The molecule has 1 aliphatic carbocycles. The molecule has 1 atom stereocenters. The van der Waals surface area contributed by atoms with Crippen LogP contribution in [0.2, 0.25) is 0 Å². The number of rotatable bonds is 2. The number of hydrogen-bond acceptors (Lipinski definition) is 3. The Hall–Kier alpha value is -1.12. The number of allylic oxidation sites excluding steroid dienone is 1. The van der Waals surface area contributed by atoms with Gasteiger partial charge in [-0.2, -0.15) is 0 Å². The molecule has 1 aliphatic rings. The first-order chi connectivity index (χ1) is 8.04. The molecule has 0 saturated carbocycles. The smallest absolute Gasteiger partial charge is 0.311 e. The van der Waals surface area contributed by atoms with Crippen LogP contribution in [0.4, 0.5) is 0 Å². The highest BCUT2D eigenvalue weighted by molar-refractivity contribution is 5.92. The molecule has 0 N–H and O–H groups in total. The number of ketones is 1. The summed E-state index contributed by atoms with van der Waals surface area (Å²) in [6, 6.07) is 0. The predicted molar refractivity (Wildman–Crippen MR) is 71.1 cm³/mol. The van der Waals surface area contributed by atoms with Crippen LogP contribution in [-0.4, -0.2) is 18.4 Å². The molecule has 0 fully saturated rings. The van der Waals surface area contributed by atoms with Gasteiger partial charge in [-0.25, -0.2) is 0 Å². The molecule has 0 spiro atoms. The maximum Gasteiger partial charge on any atom is 0.311 e. The molecule has 3 nitrogen and oxygen atoms in total. The van der Waals surface area contributed by atoms with Crippen LogP contribution in [0.5, 0.6) is 0 Å². The van der Waals surface area contributed by atoms with Crippen molar-refractivity contribution in [1.82, 2.24) is 0 Å². The zero-order valence-corrected chi connectivity index (χ0v) is 12.3. The summed E-state index contributed by atoms with van der Waals surface area (Å²) in [5, 5.41) is 0. The van der Waals surface area contributed by atoms with Gasteiger partial charge < -0.3 is 4.74 Å². The van der Waals surface area contributed by atoms with Gasteiger partial charge in [0, 0.05) is 6.42 Å². The fraction of sp³-hybridized carbons (Fsp3) is 0.733. The van der Waals surface area contributed by atoms with Gasteiger partial charge in [0.2, 0.25) is 0 Å². The van der Waals surface area contributed by atoms with E-state index in [1.54, 1.807) is 6.08 Å². The van der Waals surface area contributed by atoms with E-state index < -0.39 is 5.41 Å². The minimum Gasteiger partial charge on any atom is -0.461 e. The third kappa shape index (κ3) is 3.44. The minimum absolute atomic E-state index is 0.0602. The lowest BCUT2D eigenvalue weighted by atomic mass is 9.69. The van der Waals surface area contributed by atoms with Crippen LogP contribution >= 0.6 is 0 Å². The monoisotopic (exact) mass is 252 g/mol. The first-order valence-corrected chi connectivity index (χ1v) is 6.44. The topological polar surface area (TPSA) is 43.4 Å². The Labute approximate surface area is 110 Å². The average Bonchev–Trinajstić information content (AvgIpc) is 2.18. The first kappa shape index (κ1) is 14.9. The van der Waals surface area contributed by atoms with E-state index in [4.69, 9.17) is 4.74 Å². The number of ether oxygens (including phenoxy) is 1. The SMILES string of the molecule is C[C@@H]1C(COC(=O)C(C)(C)C)=CC(=O)CC1(C)C. The second-order valence-corrected chi connectivity index (χ2v) is 6.90. The molecule has 0 aromatic carbocycles. The fourth-order valence-electron chi connectivity index (χ4n) is 2.02. The summed E-state index contributed by atoms with van der Waals surface area (Å²) in [7, 11) is 0. The summed E-state index contributed by atoms with van der Waals surface area (Å²) in [4.78, 5) is 23.4. The van der Waals surface area contributed by atoms with Crippen LogP contribution < -0.4 is 0 Å². The second-order valence-electron chi connectivity index (χ2n) is 6.90. The van der Waals surface area contributed by atoms with Gasteiger partial charge in [0.05, 0.1) is 5.41 Å². The quantitative estimate of drug-likeness (QED) is 0.709. The van der Waals surface area contributed by atoms with Crippen LogP contribution in [0.15, 0.2) is 11.6 Å². The van der Waals surface area contributed by atoms with Crippen molar-refractivity contribution in [2.24, 2.45) is 16.7 Å². The Bertz CT molecular complexity index is 383. The van der Waals surface area contributed by atoms with Crippen molar-refractivity contribution in [3.63, 3.8) is 0 Å². The lowest BCUT2D eigenvalue weighted by Gasteiger charge is -2.36. The van der Waals surface area contributed by atoms with E-state index in [2.05, 4.69) is 20.8 Å². The molecule has 0 aliphatic heterocycles. The largest absolute Gasteiger partial charge is 0.461 e. The molecular weight excluding hydrogens is 228 g/mol. The highest BCUT2D eigenvalue weighted by Crippen LogP contribution is 2.39. The Morgan fingerprint density at radius 3 is 2.50 bits per heavy atom. The van der Waals surface area contributed by atoms with Crippen molar-refractivity contribution in [3.05, 3.63) is 11.6 Å². The summed E-state index contributed by atoms with van der Waals surface area (Å²) < 4.78 is 5.30. The standard InChI is InChI=1S/C15H24O3/c1-10-11(7-12(16)8-15(10,5)6)9-18-13(17)14(2,3)4/h7,10H,8-9H2,1-6H3/t10-/m1/s1. The van der Waals surface area contributed by atoms with Crippen LogP contribution in [0, 0.1) is 16.7 Å². The van der Waals surface area contributed by atoms with Gasteiger partial charge in [0.15, 0.2) is 5.78 Å². The maximum atomic E-state index is 11.7. The van der Waals surface area contributed by atoms with Gasteiger partial charge in [-0.05, 0) is 43.8 Å². The van der Waals surface area contributed by atoms with Crippen LogP contribution in [-0.2, 0) is 14.3 Å². The minimum atomic E-state index is -0.502. The summed E-state index contributed by atoms with van der Waals surface area (Å²) >= 11 is 0. The van der Waals surface area contributed by atoms with Gasteiger partial charge >= 0.3 is 5.97 Å². The van der Waals surface area contributed by atoms with Crippen molar-refractivity contribution >= 4 is 11.8 Å². The molecule has 0 radical (unpaired) electrons. The van der Waals surface area contributed by atoms with E-state index in [1.165, 1.54) is 0 Å². The van der Waals surface area contributed by atoms with Gasteiger partial charge in [-0.1, -0.05) is 20.8 Å². The number of hydrogen-bond donors (Lipinski definition) is 0. The molecular formula is C15H24O3. The van der Waals surface area contributed by atoms with Crippen molar-refractivity contribution < 1.29 is 14.3 Å². The normalized spacial score (nSPS) is 23.6. The first-order valence-electron chi connectivity index (χ1n) is 6.44. The summed E-state index contributed by atoms with van der Waals surface area (Å²) in [5.74, 6) is 0.148. The van der Waals surface area contributed by atoms with Crippen molar-refractivity contribution in [2.75, 3.05) is 6.61 Å². The van der Waals surface area contributed by atoms with E-state index in [-0.39, 0.29) is 29.7 Å². The van der Waals surface area contributed by atoms with Crippen molar-refractivity contribution in [2.45, 2.75) is 48.0 Å². The second kappa shape index (κ2) is 4.87.